The third-order valence-electron chi connectivity index (χ3n) is 6.49. The van der Waals surface area contributed by atoms with E-state index in [4.69, 9.17) is 23.2 Å². The summed E-state index contributed by atoms with van der Waals surface area (Å²) in [6, 6.07) is 12.0. The second kappa shape index (κ2) is 11.5. The molecule has 12 heteroatoms. The number of benzene rings is 2. The number of ether oxygens (including phenoxy) is 1. The molecule has 3 heterocycles. The first-order valence-corrected chi connectivity index (χ1v) is 13.0. The zero-order valence-corrected chi connectivity index (χ0v) is 22.3. The third-order valence-corrected chi connectivity index (χ3v) is 6.95. The summed E-state index contributed by atoms with van der Waals surface area (Å²) in [5.74, 6) is -2.18. The van der Waals surface area contributed by atoms with Crippen molar-refractivity contribution in [1.29, 1.82) is 0 Å². The van der Waals surface area contributed by atoms with E-state index in [2.05, 4.69) is 19.9 Å². The molecule has 1 aliphatic heterocycles. The number of nitrogens with one attached hydrogen (secondary N) is 1. The van der Waals surface area contributed by atoms with Crippen LogP contribution in [0.4, 0.5) is 22.4 Å². The molecule has 1 amide bonds. The highest BCUT2D eigenvalue weighted by atomic mass is 35.5. The predicted octanol–water partition coefficient (Wildman–Crippen LogP) is 7.21. The lowest BCUT2D eigenvalue weighted by molar-refractivity contribution is -0.275. The Kier molecular flexibility index (Phi) is 8.02. The molecule has 0 spiro atoms. The van der Waals surface area contributed by atoms with Gasteiger partial charge in [0.15, 0.2) is 11.6 Å². The number of fused-ring (bicyclic) bond motifs is 3. The van der Waals surface area contributed by atoms with Crippen molar-refractivity contribution in [2.45, 2.75) is 25.9 Å². The van der Waals surface area contributed by atoms with Crippen molar-refractivity contribution in [2.24, 2.45) is 0 Å². The maximum atomic E-state index is 14.8. The highest BCUT2D eigenvalue weighted by molar-refractivity contribution is 6.30. The third kappa shape index (κ3) is 6.41. The fourth-order valence-electron chi connectivity index (χ4n) is 4.72. The number of pyridine rings is 1. The van der Waals surface area contributed by atoms with Crippen molar-refractivity contribution in [3.05, 3.63) is 99.2 Å². The molecule has 2 aromatic heterocycles. The van der Waals surface area contributed by atoms with Crippen LogP contribution in [0.25, 0.3) is 17.0 Å². The van der Waals surface area contributed by atoms with Gasteiger partial charge in [0.2, 0.25) is 0 Å². The highest BCUT2D eigenvalue weighted by Crippen LogP contribution is 2.36. The number of aromatic nitrogens is 2. The smallest absolute Gasteiger partial charge is 0.403 e. The number of halogens is 6. The van der Waals surface area contributed by atoms with Crippen LogP contribution in [0.1, 0.15) is 22.4 Å². The summed E-state index contributed by atoms with van der Waals surface area (Å²) in [5.41, 5.74) is 3.05. The predicted molar refractivity (Wildman–Crippen MR) is 145 cm³/mol. The number of rotatable bonds is 6. The molecule has 5 rings (SSSR count). The number of amides is 1. The Morgan fingerprint density at radius 1 is 1.12 bits per heavy atom. The molecule has 0 saturated carbocycles. The van der Waals surface area contributed by atoms with Gasteiger partial charge in [0.05, 0.1) is 5.52 Å². The normalized spacial score (nSPS) is 14.1. The standard InChI is InChI=1S/C28H22Cl2F4N4O2/c29-19-5-3-17(4-6-19)2-1-10-37-11-8-23-21(16-37)20-13-22(31)25(40-28(32,33)34)14-24(20)38(23)27(39)36-15-18-7-9-35-26(30)12-18/h1-7,9,12-14H,8,10-11,15-16H2,(H,36,39)/b2-1+. The molecule has 208 valence electrons. The zero-order valence-electron chi connectivity index (χ0n) is 20.8. The van der Waals surface area contributed by atoms with Crippen LogP contribution >= 0.6 is 23.2 Å². The molecule has 0 aliphatic carbocycles. The van der Waals surface area contributed by atoms with Gasteiger partial charge in [-0.2, -0.15) is 0 Å². The van der Waals surface area contributed by atoms with Gasteiger partial charge in [-0.1, -0.05) is 47.5 Å². The van der Waals surface area contributed by atoms with Crippen molar-refractivity contribution in [2.75, 3.05) is 13.1 Å². The average Bonchev–Trinajstić information content (AvgIpc) is 3.20. The molecule has 0 atom stereocenters. The number of carbonyl (C=O) groups excluding carboxylic acids is 1. The summed E-state index contributed by atoms with van der Waals surface area (Å²) in [6.45, 7) is 1.62. The first-order valence-electron chi connectivity index (χ1n) is 12.2. The summed E-state index contributed by atoms with van der Waals surface area (Å²) < 4.78 is 58.8. The van der Waals surface area contributed by atoms with Gasteiger partial charge in [0, 0.05) is 61.0 Å². The quantitative estimate of drug-likeness (QED) is 0.190. The Morgan fingerprint density at radius 3 is 2.62 bits per heavy atom. The van der Waals surface area contributed by atoms with E-state index in [0.717, 1.165) is 17.7 Å². The van der Waals surface area contributed by atoms with Crippen molar-refractivity contribution in [3.63, 3.8) is 0 Å². The molecule has 1 aliphatic rings. The van der Waals surface area contributed by atoms with Gasteiger partial charge < -0.3 is 10.1 Å². The molecular formula is C28H22Cl2F4N4O2. The van der Waals surface area contributed by atoms with E-state index in [-0.39, 0.29) is 17.2 Å². The van der Waals surface area contributed by atoms with Crippen molar-refractivity contribution >= 4 is 46.2 Å². The number of carbonyl (C=O) groups is 1. The van der Waals surface area contributed by atoms with Gasteiger partial charge in [0.25, 0.3) is 0 Å². The van der Waals surface area contributed by atoms with Crippen LogP contribution in [0.5, 0.6) is 5.75 Å². The van der Waals surface area contributed by atoms with Crippen LogP contribution in [-0.4, -0.2) is 39.9 Å². The van der Waals surface area contributed by atoms with Gasteiger partial charge in [0.1, 0.15) is 5.15 Å². The van der Waals surface area contributed by atoms with Gasteiger partial charge in [-0.05, 0) is 47.0 Å². The fourth-order valence-corrected chi connectivity index (χ4v) is 5.05. The molecule has 0 radical (unpaired) electrons. The second-order valence-corrected chi connectivity index (χ2v) is 10.0. The second-order valence-electron chi connectivity index (χ2n) is 9.19. The van der Waals surface area contributed by atoms with Crippen molar-refractivity contribution < 1.29 is 27.1 Å². The summed E-state index contributed by atoms with van der Waals surface area (Å²) >= 11 is 11.9. The van der Waals surface area contributed by atoms with Crippen molar-refractivity contribution in [3.8, 4) is 5.75 Å². The molecule has 0 bridgehead atoms. The van der Waals surface area contributed by atoms with E-state index in [1.54, 1.807) is 24.3 Å². The van der Waals surface area contributed by atoms with E-state index >= 15 is 0 Å². The number of hydrogen-bond donors (Lipinski definition) is 1. The van der Waals surface area contributed by atoms with Crippen molar-refractivity contribution in [1.82, 2.24) is 19.8 Å². The summed E-state index contributed by atoms with van der Waals surface area (Å²) in [7, 11) is 0. The van der Waals surface area contributed by atoms with E-state index in [1.165, 1.54) is 10.8 Å². The SMILES string of the molecule is O=C(NCc1ccnc(Cl)c1)n1c2c(c3cc(F)c(OC(F)(F)F)cc31)CN(C/C=C/c1ccc(Cl)cc1)CC2. The first kappa shape index (κ1) is 27.9. The highest BCUT2D eigenvalue weighted by Gasteiger charge is 2.34. The Balaban J connectivity index is 1.45. The van der Waals surface area contributed by atoms with E-state index in [9.17, 15) is 22.4 Å². The molecular weight excluding hydrogens is 571 g/mol. The molecule has 0 unspecified atom stereocenters. The number of alkyl halides is 3. The number of hydrogen-bond acceptors (Lipinski definition) is 4. The van der Waals surface area contributed by atoms with Crippen LogP contribution < -0.4 is 10.1 Å². The topological polar surface area (TPSA) is 59.4 Å². The molecule has 0 saturated heterocycles. The lowest BCUT2D eigenvalue weighted by Gasteiger charge is -2.27. The lowest BCUT2D eigenvalue weighted by atomic mass is 10.0. The molecule has 40 heavy (non-hydrogen) atoms. The minimum absolute atomic E-state index is 0.101. The minimum Gasteiger partial charge on any atom is -0.403 e. The maximum absolute atomic E-state index is 14.8. The fraction of sp³-hybridized carbons (Fsp3) is 0.214. The Bertz CT molecular complexity index is 1590. The van der Waals surface area contributed by atoms with Crippen LogP contribution in [0.2, 0.25) is 10.2 Å². The molecule has 0 fully saturated rings. The largest absolute Gasteiger partial charge is 0.573 e. The van der Waals surface area contributed by atoms with Gasteiger partial charge in [-0.15, -0.1) is 13.2 Å². The lowest BCUT2D eigenvalue weighted by Crippen LogP contribution is -2.34. The molecule has 1 N–H and O–H groups in total. The van der Waals surface area contributed by atoms with Crippen LogP contribution in [0, 0.1) is 5.82 Å². The monoisotopic (exact) mass is 592 g/mol. The summed E-state index contributed by atoms with van der Waals surface area (Å²) in [4.78, 5) is 19.4. The molecule has 2 aromatic carbocycles. The summed E-state index contributed by atoms with van der Waals surface area (Å²) in [6.07, 6.45) is 0.756. The molecule has 4 aromatic rings. The summed E-state index contributed by atoms with van der Waals surface area (Å²) in [5, 5.41) is 4.01. The number of nitrogens with zero attached hydrogens (tertiary/aromatic N) is 3. The Morgan fingerprint density at radius 2 is 1.90 bits per heavy atom. The van der Waals surface area contributed by atoms with Gasteiger partial charge in [-0.3, -0.25) is 9.47 Å². The first-order chi connectivity index (χ1) is 19.1. The molecule has 6 nitrogen and oxygen atoms in total. The Labute approximate surface area is 236 Å². The van der Waals surface area contributed by atoms with Crippen LogP contribution in [0.15, 0.2) is 60.8 Å². The zero-order chi connectivity index (χ0) is 28.4. The van der Waals surface area contributed by atoms with Crippen LogP contribution in [0.3, 0.4) is 0 Å². The van der Waals surface area contributed by atoms with Gasteiger partial charge >= 0.3 is 12.4 Å². The van der Waals surface area contributed by atoms with E-state index < -0.39 is 24.0 Å². The van der Waals surface area contributed by atoms with E-state index in [1.807, 2.05) is 24.3 Å². The average molecular weight is 593 g/mol. The van der Waals surface area contributed by atoms with E-state index in [0.29, 0.717) is 53.3 Å². The Hall–Kier alpha value is -3.60. The van der Waals surface area contributed by atoms with Crippen LogP contribution in [-0.2, 0) is 19.5 Å². The minimum atomic E-state index is -5.10. The van der Waals surface area contributed by atoms with Gasteiger partial charge in [-0.25, -0.2) is 14.2 Å². The maximum Gasteiger partial charge on any atom is 0.573 e.